The molecule has 60 valence electrons. The van der Waals surface area contributed by atoms with Gasteiger partial charge in [0.15, 0.2) is 0 Å². The van der Waals surface area contributed by atoms with Crippen molar-refractivity contribution in [3.63, 3.8) is 0 Å². The molecule has 0 aromatic carbocycles. The molecule has 0 aromatic heterocycles. The Hall–Kier alpha value is -0.0400. The van der Waals surface area contributed by atoms with E-state index in [1.54, 1.807) is 0 Å². The lowest BCUT2D eigenvalue weighted by molar-refractivity contribution is 0.223. The molecule has 0 amide bonds. The van der Waals surface area contributed by atoms with Crippen molar-refractivity contribution in [2.24, 2.45) is 11.8 Å². The highest BCUT2D eigenvalue weighted by molar-refractivity contribution is 4.83. The Kier molecular flexibility index (Phi) is 2.72. The van der Waals surface area contributed by atoms with Crippen LogP contribution in [0.4, 0.5) is 0 Å². The van der Waals surface area contributed by atoms with Crippen LogP contribution >= 0.6 is 0 Å². The summed E-state index contributed by atoms with van der Waals surface area (Å²) in [7, 11) is 0. The van der Waals surface area contributed by atoms with E-state index >= 15 is 0 Å². The summed E-state index contributed by atoms with van der Waals surface area (Å²) in [5, 5.41) is 3.57. The summed E-state index contributed by atoms with van der Waals surface area (Å²) in [6, 6.07) is 0.836. The quantitative estimate of drug-likeness (QED) is 0.634. The zero-order valence-electron chi connectivity index (χ0n) is 7.35. The van der Waals surface area contributed by atoms with E-state index in [9.17, 15) is 0 Å². The smallest absolute Gasteiger partial charge is 0.00929 e. The molecule has 0 bridgehead atoms. The van der Waals surface area contributed by atoms with Crippen LogP contribution in [0.1, 0.15) is 33.6 Å². The average Bonchev–Trinajstić information content (AvgIpc) is 1.84. The zero-order chi connectivity index (χ0) is 7.56. The standard InChI is InChI=1S/C9H19N/c1-7(2)6-10-9-5-4-8(9)3/h7-10H,4-6H2,1-3H3. The molecule has 2 unspecified atom stereocenters. The summed E-state index contributed by atoms with van der Waals surface area (Å²) < 4.78 is 0. The van der Waals surface area contributed by atoms with Gasteiger partial charge in [-0.3, -0.25) is 0 Å². The van der Waals surface area contributed by atoms with E-state index < -0.39 is 0 Å². The van der Waals surface area contributed by atoms with Crippen LogP contribution in [0.15, 0.2) is 0 Å². The third-order valence-electron chi connectivity index (χ3n) is 2.41. The van der Waals surface area contributed by atoms with Crippen molar-refractivity contribution in [1.29, 1.82) is 0 Å². The number of hydrogen-bond donors (Lipinski definition) is 1. The molecule has 1 saturated carbocycles. The van der Waals surface area contributed by atoms with E-state index in [2.05, 4.69) is 26.1 Å². The van der Waals surface area contributed by atoms with Crippen molar-refractivity contribution >= 4 is 0 Å². The van der Waals surface area contributed by atoms with Crippen LogP contribution in [-0.4, -0.2) is 12.6 Å². The largest absolute Gasteiger partial charge is 0.313 e. The summed E-state index contributed by atoms with van der Waals surface area (Å²) in [6.07, 6.45) is 2.82. The van der Waals surface area contributed by atoms with Crippen LogP contribution in [-0.2, 0) is 0 Å². The predicted octanol–water partition coefficient (Wildman–Crippen LogP) is 2.03. The number of nitrogens with one attached hydrogen (secondary N) is 1. The van der Waals surface area contributed by atoms with Gasteiger partial charge < -0.3 is 5.32 Å². The molecular weight excluding hydrogens is 122 g/mol. The number of hydrogen-bond acceptors (Lipinski definition) is 1. The van der Waals surface area contributed by atoms with E-state index in [1.165, 1.54) is 19.4 Å². The van der Waals surface area contributed by atoms with E-state index in [1.807, 2.05) is 0 Å². The molecule has 0 saturated heterocycles. The Balaban J connectivity index is 2.03. The summed E-state index contributed by atoms with van der Waals surface area (Å²) in [5.74, 6) is 1.73. The molecule has 2 atom stereocenters. The first-order chi connectivity index (χ1) is 4.70. The second-order valence-corrected chi connectivity index (χ2v) is 3.96. The molecule has 1 fully saturated rings. The summed E-state index contributed by atoms with van der Waals surface area (Å²) in [4.78, 5) is 0. The van der Waals surface area contributed by atoms with Gasteiger partial charge in [-0.2, -0.15) is 0 Å². The van der Waals surface area contributed by atoms with Crippen LogP contribution in [0.3, 0.4) is 0 Å². The minimum atomic E-state index is 0.799. The van der Waals surface area contributed by atoms with Crippen molar-refractivity contribution in [2.75, 3.05) is 6.54 Å². The average molecular weight is 141 g/mol. The van der Waals surface area contributed by atoms with Gasteiger partial charge in [0.1, 0.15) is 0 Å². The van der Waals surface area contributed by atoms with Crippen LogP contribution < -0.4 is 5.32 Å². The Labute approximate surface area is 64.2 Å². The first-order valence-electron chi connectivity index (χ1n) is 4.43. The molecule has 1 aliphatic rings. The fourth-order valence-corrected chi connectivity index (χ4v) is 1.36. The molecule has 0 heterocycles. The third-order valence-corrected chi connectivity index (χ3v) is 2.41. The highest BCUT2D eigenvalue weighted by atomic mass is 14.9. The Morgan fingerprint density at radius 3 is 2.40 bits per heavy atom. The van der Waals surface area contributed by atoms with Gasteiger partial charge in [-0.1, -0.05) is 20.8 Å². The molecule has 0 aliphatic heterocycles. The van der Waals surface area contributed by atoms with Gasteiger partial charge in [-0.05, 0) is 31.2 Å². The van der Waals surface area contributed by atoms with Gasteiger partial charge in [-0.25, -0.2) is 0 Å². The van der Waals surface area contributed by atoms with Crippen molar-refractivity contribution < 1.29 is 0 Å². The SMILES string of the molecule is CC(C)CNC1CCC1C. The van der Waals surface area contributed by atoms with Crippen LogP contribution in [0, 0.1) is 11.8 Å². The van der Waals surface area contributed by atoms with Crippen molar-refractivity contribution in [3.8, 4) is 0 Å². The molecule has 0 radical (unpaired) electrons. The molecule has 1 nitrogen and oxygen atoms in total. The van der Waals surface area contributed by atoms with E-state index in [-0.39, 0.29) is 0 Å². The van der Waals surface area contributed by atoms with Crippen LogP contribution in [0.25, 0.3) is 0 Å². The van der Waals surface area contributed by atoms with E-state index in [0.29, 0.717) is 0 Å². The van der Waals surface area contributed by atoms with Gasteiger partial charge in [0.2, 0.25) is 0 Å². The molecule has 0 spiro atoms. The highest BCUT2D eigenvalue weighted by Gasteiger charge is 2.25. The molecule has 1 N–H and O–H groups in total. The van der Waals surface area contributed by atoms with Gasteiger partial charge in [0.25, 0.3) is 0 Å². The lowest BCUT2D eigenvalue weighted by Crippen LogP contribution is -2.43. The molecule has 1 aliphatic carbocycles. The van der Waals surface area contributed by atoms with Crippen molar-refractivity contribution in [1.82, 2.24) is 5.32 Å². The second kappa shape index (κ2) is 3.38. The summed E-state index contributed by atoms with van der Waals surface area (Å²) in [5.41, 5.74) is 0. The number of rotatable bonds is 3. The maximum Gasteiger partial charge on any atom is 0.00929 e. The fourth-order valence-electron chi connectivity index (χ4n) is 1.36. The van der Waals surface area contributed by atoms with Gasteiger partial charge >= 0.3 is 0 Å². The molecule has 0 aromatic rings. The minimum absolute atomic E-state index is 0.799. The van der Waals surface area contributed by atoms with Gasteiger partial charge in [-0.15, -0.1) is 0 Å². The van der Waals surface area contributed by atoms with Crippen molar-refractivity contribution in [3.05, 3.63) is 0 Å². The summed E-state index contributed by atoms with van der Waals surface area (Å²) >= 11 is 0. The lowest BCUT2D eigenvalue weighted by Gasteiger charge is -2.35. The van der Waals surface area contributed by atoms with Crippen molar-refractivity contribution in [2.45, 2.75) is 39.7 Å². The third kappa shape index (κ3) is 1.98. The molecule has 1 heteroatoms. The van der Waals surface area contributed by atoms with E-state index in [4.69, 9.17) is 0 Å². The predicted molar refractivity (Wildman–Crippen MR) is 45.0 cm³/mol. The van der Waals surface area contributed by atoms with Crippen LogP contribution in [0.2, 0.25) is 0 Å². The highest BCUT2D eigenvalue weighted by Crippen LogP contribution is 2.26. The first-order valence-corrected chi connectivity index (χ1v) is 4.43. The molecule has 10 heavy (non-hydrogen) atoms. The van der Waals surface area contributed by atoms with Gasteiger partial charge in [0, 0.05) is 6.04 Å². The Bertz CT molecular complexity index is 98.9. The molecule has 1 rings (SSSR count). The maximum atomic E-state index is 3.57. The first kappa shape index (κ1) is 8.06. The topological polar surface area (TPSA) is 12.0 Å². The van der Waals surface area contributed by atoms with Crippen LogP contribution in [0.5, 0.6) is 0 Å². The Morgan fingerprint density at radius 1 is 1.40 bits per heavy atom. The van der Waals surface area contributed by atoms with E-state index in [0.717, 1.165) is 17.9 Å². The maximum absolute atomic E-state index is 3.57. The zero-order valence-corrected chi connectivity index (χ0v) is 7.35. The summed E-state index contributed by atoms with van der Waals surface area (Å²) in [6.45, 7) is 8.04. The molecular formula is C9H19N. The van der Waals surface area contributed by atoms with Gasteiger partial charge in [0.05, 0.1) is 0 Å². The normalized spacial score (nSPS) is 32.4. The Morgan fingerprint density at radius 2 is 2.10 bits per heavy atom. The second-order valence-electron chi connectivity index (χ2n) is 3.96. The lowest BCUT2D eigenvalue weighted by atomic mass is 9.81. The minimum Gasteiger partial charge on any atom is -0.313 e. The fraction of sp³-hybridized carbons (Fsp3) is 1.00. The monoisotopic (exact) mass is 141 g/mol.